The molecule has 2 saturated carbocycles. The molecule has 0 saturated heterocycles. The van der Waals surface area contributed by atoms with E-state index in [0.717, 1.165) is 58.0 Å². The molecule has 0 bridgehead atoms. The van der Waals surface area contributed by atoms with Gasteiger partial charge < -0.3 is 30.7 Å². The number of hydrogen-bond donors (Lipinski definition) is 4. The Morgan fingerprint density at radius 2 is 1.11 bits per heavy atom. The predicted octanol–water partition coefficient (Wildman–Crippen LogP) is 4.91. The molecule has 0 aromatic rings. The highest BCUT2D eigenvalue weighted by atomic mass is 16.6. The molecule has 10 nitrogen and oxygen atoms in total. The molecule has 0 unspecified atom stereocenters. The van der Waals surface area contributed by atoms with Gasteiger partial charge in [0.1, 0.15) is 0 Å². The van der Waals surface area contributed by atoms with Crippen molar-refractivity contribution in [3.05, 3.63) is 0 Å². The first-order valence-corrected chi connectivity index (χ1v) is 14.3. The van der Waals surface area contributed by atoms with Gasteiger partial charge in [-0.25, -0.2) is 9.59 Å². The molecule has 0 heterocycles. The lowest BCUT2D eigenvalue weighted by atomic mass is 10.2. The van der Waals surface area contributed by atoms with Crippen molar-refractivity contribution in [3.63, 3.8) is 0 Å². The van der Waals surface area contributed by atoms with Crippen LogP contribution in [0.3, 0.4) is 0 Å². The number of hydrogen-bond acceptors (Lipinski definition) is 6. The highest BCUT2D eigenvalue weighted by Gasteiger charge is 2.28. The summed E-state index contributed by atoms with van der Waals surface area (Å²) in [6, 6.07) is 0.395. The van der Waals surface area contributed by atoms with Crippen LogP contribution in [0.2, 0.25) is 0 Å². The van der Waals surface area contributed by atoms with E-state index in [1.165, 1.54) is 0 Å². The molecule has 2 aliphatic rings. The normalized spacial score (nSPS) is 13.5. The summed E-state index contributed by atoms with van der Waals surface area (Å²) >= 11 is 0. The summed E-state index contributed by atoms with van der Waals surface area (Å²) in [5.41, 5.74) is 0. The van der Waals surface area contributed by atoms with Crippen LogP contribution in [-0.4, -0.2) is 61.9 Å². The van der Waals surface area contributed by atoms with Crippen LogP contribution < -0.4 is 21.3 Å². The van der Waals surface area contributed by atoms with E-state index in [1.54, 1.807) is 0 Å². The van der Waals surface area contributed by atoms with Crippen LogP contribution in [0, 0.1) is 11.8 Å². The zero-order valence-corrected chi connectivity index (χ0v) is 25.4. The van der Waals surface area contributed by atoms with Gasteiger partial charge in [-0.1, -0.05) is 34.6 Å². The lowest BCUT2D eigenvalue weighted by Crippen LogP contribution is -2.28. The van der Waals surface area contributed by atoms with Crippen molar-refractivity contribution < 1.29 is 28.7 Å². The van der Waals surface area contributed by atoms with Crippen molar-refractivity contribution in [1.29, 1.82) is 0 Å². The second kappa shape index (κ2) is 23.6. The van der Waals surface area contributed by atoms with Gasteiger partial charge in [0.05, 0.1) is 12.2 Å². The van der Waals surface area contributed by atoms with Crippen molar-refractivity contribution in [1.82, 2.24) is 21.3 Å². The second-order valence-corrected chi connectivity index (χ2v) is 10.3. The molecular formula is C28H56N4O6. The molecule has 4 amide bonds. The molecule has 2 rings (SSSR count). The zero-order valence-electron chi connectivity index (χ0n) is 25.4. The fourth-order valence-electron chi connectivity index (χ4n) is 2.32. The van der Waals surface area contributed by atoms with E-state index in [9.17, 15) is 19.2 Å². The fourth-order valence-corrected chi connectivity index (χ4v) is 2.32. The molecule has 0 aromatic carbocycles. The summed E-state index contributed by atoms with van der Waals surface area (Å²) in [4.78, 5) is 43.1. The summed E-state index contributed by atoms with van der Waals surface area (Å²) in [5.74, 6) is 0.904. The highest BCUT2D eigenvalue weighted by Crippen LogP contribution is 2.28. The standard InChI is InChI=1S/C7H13NO2.C7H15NO2.C7H13NO.C7H15NO/c1-5(2)10-7(9)8-6-3-4-6;1-4-5-8-7(9)10-6(2)3;1-2-5-8-7(9)6-3-4-6;1-4-5-8-7(9)6(2)3/h5-6H,3-4H2,1-2H3,(H,8,9);6H,4-5H2,1-3H3,(H,8,9);6H,2-5H2,1H3,(H,8,9);6H,4-5H2,1-3H3,(H,8,9). The lowest BCUT2D eigenvalue weighted by Gasteiger charge is -2.07. The third-order valence-electron chi connectivity index (χ3n) is 4.68. The van der Waals surface area contributed by atoms with Gasteiger partial charge in [-0.3, -0.25) is 9.59 Å². The van der Waals surface area contributed by atoms with E-state index in [1.807, 2.05) is 55.4 Å². The molecule has 0 atom stereocenters. The van der Waals surface area contributed by atoms with E-state index < -0.39 is 0 Å². The summed E-state index contributed by atoms with van der Waals surface area (Å²) in [6.07, 6.45) is 6.76. The summed E-state index contributed by atoms with van der Waals surface area (Å²) in [5, 5.41) is 11.0. The first-order valence-electron chi connectivity index (χ1n) is 14.3. The van der Waals surface area contributed by atoms with Crippen LogP contribution >= 0.6 is 0 Å². The number of alkyl carbamates (subject to hydrolysis) is 2. The maximum Gasteiger partial charge on any atom is 0.407 e. The summed E-state index contributed by atoms with van der Waals surface area (Å²) in [6.45, 7) is 19.5. The monoisotopic (exact) mass is 544 g/mol. The Balaban J connectivity index is 0. The van der Waals surface area contributed by atoms with Gasteiger partial charge >= 0.3 is 12.2 Å². The first-order chi connectivity index (χ1) is 17.9. The Hall–Kier alpha value is -2.52. The van der Waals surface area contributed by atoms with Crippen molar-refractivity contribution >= 4 is 24.0 Å². The Morgan fingerprint density at radius 1 is 0.658 bits per heavy atom. The molecule has 0 radical (unpaired) electrons. The third kappa shape index (κ3) is 28.1. The largest absolute Gasteiger partial charge is 0.447 e. The van der Waals surface area contributed by atoms with Gasteiger partial charge in [0.15, 0.2) is 0 Å². The van der Waals surface area contributed by atoms with Crippen LogP contribution in [0.1, 0.15) is 107 Å². The minimum Gasteiger partial charge on any atom is -0.447 e. The van der Waals surface area contributed by atoms with Crippen LogP contribution in [0.5, 0.6) is 0 Å². The maximum absolute atomic E-state index is 10.9. The molecule has 2 aliphatic carbocycles. The van der Waals surface area contributed by atoms with Crippen LogP contribution in [-0.2, 0) is 19.1 Å². The fraction of sp³-hybridized carbons (Fsp3) is 0.857. The average molecular weight is 545 g/mol. The molecule has 4 N–H and O–H groups in total. The molecule has 38 heavy (non-hydrogen) atoms. The molecule has 224 valence electrons. The van der Waals surface area contributed by atoms with E-state index in [4.69, 9.17) is 9.47 Å². The maximum atomic E-state index is 10.9. The van der Waals surface area contributed by atoms with E-state index in [0.29, 0.717) is 18.5 Å². The molecule has 2 fully saturated rings. The quantitative estimate of drug-likeness (QED) is 0.292. The van der Waals surface area contributed by atoms with Crippen LogP contribution in [0.25, 0.3) is 0 Å². The van der Waals surface area contributed by atoms with Gasteiger partial charge in [-0.2, -0.15) is 0 Å². The smallest absolute Gasteiger partial charge is 0.407 e. The average Bonchev–Trinajstić information content (AvgIpc) is 3.74. The van der Waals surface area contributed by atoms with E-state index in [2.05, 4.69) is 28.2 Å². The van der Waals surface area contributed by atoms with Crippen LogP contribution in [0.15, 0.2) is 0 Å². The zero-order chi connectivity index (χ0) is 29.5. The molecule has 0 aromatic heterocycles. The molecule has 0 aliphatic heterocycles. The third-order valence-corrected chi connectivity index (χ3v) is 4.68. The van der Waals surface area contributed by atoms with Gasteiger partial charge in [-0.05, 0) is 72.6 Å². The highest BCUT2D eigenvalue weighted by molar-refractivity contribution is 5.80. The Labute approximate surface area is 231 Å². The van der Waals surface area contributed by atoms with Crippen molar-refractivity contribution in [3.8, 4) is 0 Å². The Bertz CT molecular complexity index is 623. The van der Waals surface area contributed by atoms with Gasteiger partial charge in [0, 0.05) is 37.5 Å². The van der Waals surface area contributed by atoms with Crippen LogP contribution in [0.4, 0.5) is 9.59 Å². The number of amides is 4. The van der Waals surface area contributed by atoms with E-state index >= 15 is 0 Å². The van der Waals surface area contributed by atoms with Crippen molar-refractivity contribution in [2.75, 3.05) is 19.6 Å². The molecule has 0 spiro atoms. The first kappa shape index (κ1) is 37.6. The number of nitrogens with one attached hydrogen (secondary N) is 4. The van der Waals surface area contributed by atoms with Gasteiger partial charge in [0.2, 0.25) is 11.8 Å². The molecule has 10 heteroatoms. The summed E-state index contributed by atoms with van der Waals surface area (Å²) in [7, 11) is 0. The summed E-state index contributed by atoms with van der Waals surface area (Å²) < 4.78 is 9.65. The van der Waals surface area contributed by atoms with E-state index in [-0.39, 0.29) is 42.1 Å². The number of carbonyl (C=O) groups is 4. The topological polar surface area (TPSA) is 135 Å². The number of ether oxygens (including phenoxy) is 2. The van der Waals surface area contributed by atoms with Crippen molar-refractivity contribution in [2.45, 2.75) is 126 Å². The number of carbonyl (C=O) groups excluding carboxylic acids is 4. The number of rotatable bonds is 11. The predicted molar refractivity (Wildman–Crippen MR) is 152 cm³/mol. The minimum atomic E-state index is -0.322. The second-order valence-electron chi connectivity index (χ2n) is 10.3. The Morgan fingerprint density at radius 3 is 1.50 bits per heavy atom. The van der Waals surface area contributed by atoms with Gasteiger partial charge in [-0.15, -0.1) is 0 Å². The SMILES string of the molecule is CC(C)OC(=O)NC1CC1.CCCNC(=O)C(C)C.CCCNC(=O)C1CC1.CCCNC(=O)OC(C)C. The minimum absolute atomic E-state index is 0.0150. The molecular weight excluding hydrogens is 488 g/mol. The van der Waals surface area contributed by atoms with Gasteiger partial charge in [0.25, 0.3) is 0 Å². The lowest BCUT2D eigenvalue weighted by molar-refractivity contribution is -0.124. The Kier molecular flexibility index (Phi) is 23.4. The van der Waals surface area contributed by atoms with Crippen molar-refractivity contribution in [2.24, 2.45) is 11.8 Å².